The molecule has 47 heavy (non-hydrogen) atoms. The summed E-state index contributed by atoms with van der Waals surface area (Å²) < 4.78 is 34.2. The summed E-state index contributed by atoms with van der Waals surface area (Å²) in [5, 5.41) is 0. The summed E-state index contributed by atoms with van der Waals surface area (Å²) in [7, 11) is 6.34. The van der Waals surface area contributed by atoms with Gasteiger partial charge in [-0.1, -0.05) is 30.3 Å². The Morgan fingerprint density at radius 3 is 2.30 bits per heavy atom. The Balaban J connectivity index is 1.71. The van der Waals surface area contributed by atoms with Crippen LogP contribution in [-0.4, -0.2) is 57.6 Å². The molecule has 0 saturated heterocycles. The van der Waals surface area contributed by atoms with E-state index in [-0.39, 0.29) is 18.3 Å². The average Bonchev–Trinajstić information content (AvgIpc) is 3.42. The van der Waals surface area contributed by atoms with Gasteiger partial charge in [0.05, 0.1) is 46.2 Å². The molecule has 0 N–H and O–H groups in total. The fourth-order valence-electron chi connectivity index (χ4n) is 7.00. The second-order valence-corrected chi connectivity index (χ2v) is 12.7. The first-order chi connectivity index (χ1) is 22.5. The van der Waals surface area contributed by atoms with Crippen molar-refractivity contribution in [2.24, 2.45) is 0 Å². The Kier molecular flexibility index (Phi) is 8.26. The molecule has 1 aromatic heterocycles. The lowest BCUT2D eigenvalue weighted by Crippen LogP contribution is -2.55. The number of amides is 1. The van der Waals surface area contributed by atoms with Crippen molar-refractivity contribution < 1.29 is 32.9 Å². The maximum atomic E-state index is 14.3. The van der Waals surface area contributed by atoms with Crippen molar-refractivity contribution in [1.29, 1.82) is 0 Å². The summed E-state index contributed by atoms with van der Waals surface area (Å²) >= 11 is 0. The molecule has 0 radical (unpaired) electrons. The Morgan fingerprint density at radius 2 is 1.60 bits per heavy atom. The van der Waals surface area contributed by atoms with Crippen LogP contribution in [0.2, 0.25) is 0 Å². The topological polar surface area (TPSA) is 96.7 Å². The number of ether oxygens (including phenoxy) is 5. The zero-order valence-electron chi connectivity index (χ0n) is 27.7. The van der Waals surface area contributed by atoms with E-state index in [4.69, 9.17) is 28.1 Å². The highest BCUT2D eigenvalue weighted by Crippen LogP contribution is 2.55. The molecule has 1 aliphatic heterocycles. The molecule has 1 aliphatic carbocycles. The van der Waals surface area contributed by atoms with Crippen LogP contribution in [0.5, 0.6) is 23.0 Å². The maximum Gasteiger partial charge on any atom is 0.410 e. The zero-order valence-corrected chi connectivity index (χ0v) is 27.7. The first kappa shape index (κ1) is 31.8. The number of methoxy groups -OCH3 is 4. The summed E-state index contributed by atoms with van der Waals surface area (Å²) in [6, 6.07) is 20.9. The molecule has 0 bridgehead atoms. The lowest BCUT2D eigenvalue weighted by Gasteiger charge is -2.46. The van der Waals surface area contributed by atoms with E-state index in [1.807, 2.05) is 74.2 Å². The van der Waals surface area contributed by atoms with Gasteiger partial charge < -0.3 is 28.1 Å². The van der Waals surface area contributed by atoms with E-state index in [2.05, 4.69) is 18.2 Å². The summed E-state index contributed by atoms with van der Waals surface area (Å²) in [5.74, 6) is 2.08. The predicted octanol–water partition coefficient (Wildman–Crippen LogP) is 6.89. The van der Waals surface area contributed by atoms with Crippen molar-refractivity contribution in [3.63, 3.8) is 0 Å². The minimum absolute atomic E-state index is 0.0765. The smallest absolute Gasteiger partial charge is 0.410 e. The van der Waals surface area contributed by atoms with Gasteiger partial charge in [0.25, 0.3) is 0 Å². The molecule has 0 spiro atoms. The zero-order chi connectivity index (χ0) is 33.5. The second-order valence-electron chi connectivity index (χ2n) is 12.7. The SMILES string of the molecule is COc1cccc([C@]23C=C(c4cc(OC)ccc4-c4ccoc(=O)c4OC)CN(C(=O)OC(C)(C)C)[C@H]2Cc2cccc(OC)c23)c1. The molecule has 9 heteroatoms. The lowest BCUT2D eigenvalue weighted by molar-refractivity contribution is 0.0146. The first-order valence-corrected chi connectivity index (χ1v) is 15.4. The number of fused-ring (bicyclic) bond motifs is 3. The highest BCUT2D eigenvalue weighted by atomic mass is 16.6. The highest BCUT2D eigenvalue weighted by Gasteiger charge is 2.55. The number of carbonyl (C=O) groups is 1. The Morgan fingerprint density at radius 1 is 0.851 bits per heavy atom. The molecule has 2 heterocycles. The van der Waals surface area contributed by atoms with Crippen LogP contribution >= 0.6 is 0 Å². The number of hydrogen-bond donors (Lipinski definition) is 0. The van der Waals surface area contributed by atoms with Gasteiger partial charge in [0.2, 0.25) is 5.75 Å². The third-order valence-corrected chi connectivity index (χ3v) is 8.89. The van der Waals surface area contributed by atoms with E-state index >= 15 is 0 Å². The van der Waals surface area contributed by atoms with Gasteiger partial charge in [0, 0.05) is 17.7 Å². The maximum absolute atomic E-state index is 14.3. The van der Waals surface area contributed by atoms with E-state index in [0.717, 1.165) is 27.8 Å². The van der Waals surface area contributed by atoms with Crippen LogP contribution < -0.4 is 24.6 Å². The average molecular weight is 638 g/mol. The van der Waals surface area contributed by atoms with Crippen LogP contribution in [0.4, 0.5) is 4.79 Å². The van der Waals surface area contributed by atoms with Crippen molar-refractivity contribution in [3.8, 4) is 34.1 Å². The molecule has 3 aromatic carbocycles. The Labute approximate surface area is 274 Å². The standard InChI is InChI=1S/C38H39NO8/c1-37(2,3)47-36(41)39-22-24(30-20-27(43-5)14-15-28(30)29-16-17-46-35(40)34(29)45-7)21-38(25-11-9-12-26(19-25)42-4)32(39)18-23-10-8-13-31(44-6)33(23)38/h8-17,19-21,32H,18,22H2,1-7H3/t32-,38+/m0/s1. The summed E-state index contributed by atoms with van der Waals surface area (Å²) in [6.07, 6.45) is 3.72. The quantitative estimate of drug-likeness (QED) is 0.216. The van der Waals surface area contributed by atoms with Gasteiger partial charge in [-0.3, -0.25) is 4.90 Å². The van der Waals surface area contributed by atoms with Crippen LogP contribution in [0, 0.1) is 0 Å². The summed E-state index contributed by atoms with van der Waals surface area (Å²) in [5.41, 5.74) is 3.60. The van der Waals surface area contributed by atoms with Gasteiger partial charge >= 0.3 is 11.7 Å². The number of carbonyl (C=O) groups excluding carboxylic acids is 1. The van der Waals surface area contributed by atoms with Crippen molar-refractivity contribution in [3.05, 3.63) is 112 Å². The van der Waals surface area contributed by atoms with Crippen molar-refractivity contribution in [1.82, 2.24) is 4.90 Å². The summed E-state index contributed by atoms with van der Waals surface area (Å²) in [6.45, 7) is 5.81. The third-order valence-electron chi connectivity index (χ3n) is 8.89. The number of hydrogen-bond acceptors (Lipinski definition) is 8. The number of rotatable bonds is 7. The highest BCUT2D eigenvalue weighted by molar-refractivity contribution is 5.89. The predicted molar refractivity (Wildman–Crippen MR) is 179 cm³/mol. The molecule has 9 nitrogen and oxygen atoms in total. The van der Waals surface area contributed by atoms with Crippen LogP contribution in [0.1, 0.15) is 43.0 Å². The molecule has 0 unspecified atom stereocenters. The third kappa shape index (κ3) is 5.49. The van der Waals surface area contributed by atoms with Gasteiger partial charge in [-0.05, 0) is 97.5 Å². The van der Waals surface area contributed by atoms with E-state index in [1.165, 1.54) is 13.4 Å². The van der Waals surface area contributed by atoms with Crippen LogP contribution in [-0.2, 0) is 16.6 Å². The molecular weight excluding hydrogens is 598 g/mol. The molecule has 4 aromatic rings. The normalized spacial score (nSPS) is 18.5. The molecule has 0 fully saturated rings. The minimum atomic E-state index is -0.874. The molecule has 1 amide bonds. The van der Waals surface area contributed by atoms with Crippen molar-refractivity contribution >= 4 is 11.7 Å². The second kappa shape index (κ2) is 12.2. The van der Waals surface area contributed by atoms with Gasteiger partial charge in [-0.2, -0.15) is 0 Å². The van der Waals surface area contributed by atoms with E-state index in [1.54, 1.807) is 27.4 Å². The van der Waals surface area contributed by atoms with Crippen LogP contribution in [0.3, 0.4) is 0 Å². The van der Waals surface area contributed by atoms with Gasteiger partial charge in [0.1, 0.15) is 22.8 Å². The molecule has 0 saturated carbocycles. The van der Waals surface area contributed by atoms with Crippen molar-refractivity contribution in [2.75, 3.05) is 35.0 Å². The fraction of sp³-hybridized carbons (Fsp3) is 0.316. The van der Waals surface area contributed by atoms with Gasteiger partial charge in [-0.15, -0.1) is 0 Å². The first-order valence-electron chi connectivity index (χ1n) is 15.4. The van der Waals surface area contributed by atoms with Crippen LogP contribution in [0.25, 0.3) is 16.7 Å². The molecule has 2 atom stereocenters. The van der Waals surface area contributed by atoms with Gasteiger partial charge in [0.15, 0.2) is 0 Å². The Hall–Kier alpha value is -5.18. The van der Waals surface area contributed by atoms with E-state index in [0.29, 0.717) is 34.8 Å². The van der Waals surface area contributed by atoms with Crippen LogP contribution in [0.15, 0.2) is 88.3 Å². The molecule has 2 aliphatic rings. The lowest BCUT2D eigenvalue weighted by atomic mass is 9.68. The molecule has 6 rings (SSSR count). The fourth-order valence-corrected chi connectivity index (χ4v) is 7.00. The monoisotopic (exact) mass is 637 g/mol. The molecular formula is C38H39NO8. The van der Waals surface area contributed by atoms with Crippen molar-refractivity contribution in [2.45, 2.75) is 44.2 Å². The Bertz CT molecular complexity index is 1920. The molecule has 244 valence electrons. The largest absolute Gasteiger partial charge is 0.497 e. The van der Waals surface area contributed by atoms with E-state index in [9.17, 15) is 9.59 Å². The number of nitrogens with zero attached hydrogens (tertiary/aromatic N) is 1. The minimum Gasteiger partial charge on any atom is -0.497 e. The number of benzene rings is 3. The van der Waals surface area contributed by atoms with E-state index < -0.39 is 22.7 Å². The van der Waals surface area contributed by atoms with Gasteiger partial charge in [-0.25, -0.2) is 9.59 Å². The summed E-state index contributed by atoms with van der Waals surface area (Å²) in [4.78, 5) is 28.9.